The molecule has 1 amide bonds. The van der Waals surface area contributed by atoms with Crippen LogP contribution in [-0.4, -0.2) is 24.1 Å². The first kappa shape index (κ1) is 8.96. The fourth-order valence-electron chi connectivity index (χ4n) is 1.42. The van der Waals surface area contributed by atoms with Crippen LogP contribution < -0.4 is 10.9 Å². The molecular weight excluding hydrogens is 184 g/mol. The van der Waals surface area contributed by atoms with Gasteiger partial charge in [-0.25, -0.2) is 0 Å². The van der Waals surface area contributed by atoms with Gasteiger partial charge in [-0.3, -0.25) is 9.59 Å². The van der Waals surface area contributed by atoms with Gasteiger partial charge in [-0.1, -0.05) is 0 Å². The summed E-state index contributed by atoms with van der Waals surface area (Å²) in [6, 6.07) is 3.07. The highest BCUT2D eigenvalue weighted by molar-refractivity contribution is 5.78. The summed E-state index contributed by atoms with van der Waals surface area (Å²) in [4.78, 5) is 24.9. The largest absolute Gasteiger partial charge is 0.369 e. The maximum absolute atomic E-state index is 11.4. The molecule has 2 rings (SSSR count). The van der Waals surface area contributed by atoms with Gasteiger partial charge in [0.25, 0.3) is 5.56 Å². The number of hydrogen-bond donors (Lipinski definition) is 2. The molecule has 0 spiro atoms. The Hall–Kier alpha value is -1.62. The number of aromatic amines is 1. The number of H-pyrrole nitrogens is 1. The third kappa shape index (κ3) is 1.67. The lowest BCUT2D eigenvalue weighted by Gasteiger charge is -2.22. The van der Waals surface area contributed by atoms with Gasteiger partial charge >= 0.3 is 0 Å². The molecule has 1 fully saturated rings. The zero-order chi connectivity index (χ0) is 9.97. The Bertz CT molecular complexity index is 399. The number of rotatable bonds is 1. The molecule has 1 saturated heterocycles. The minimum atomic E-state index is -0.332. The number of carbonyl (C=O) groups is 1. The molecule has 74 valence electrons. The molecule has 0 aromatic carbocycles. The summed E-state index contributed by atoms with van der Waals surface area (Å²) in [6.07, 6.45) is 1.55. The van der Waals surface area contributed by atoms with Crippen molar-refractivity contribution >= 4 is 5.91 Å². The molecule has 0 bridgehead atoms. The second-order valence-electron chi connectivity index (χ2n) is 3.09. The molecule has 1 unspecified atom stereocenters. The zero-order valence-corrected chi connectivity index (χ0v) is 7.45. The molecule has 1 atom stereocenters. The van der Waals surface area contributed by atoms with Gasteiger partial charge in [0.15, 0.2) is 0 Å². The Morgan fingerprint density at radius 3 is 3.00 bits per heavy atom. The standard InChI is InChI=1S/C9H10N2O3/c12-8-5-14-4-7(11-8)6-2-1-3-10-9(6)13/h1-3,7H,4-5H2,(H,10,13)(H,11,12). The smallest absolute Gasteiger partial charge is 0.253 e. The van der Waals surface area contributed by atoms with Gasteiger partial charge in [-0.05, 0) is 12.1 Å². The first-order valence-corrected chi connectivity index (χ1v) is 4.32. The van der Waals surface area contributed by atoms with Crippen molar-refractivity contribution in [3.05, 3.63) is 34.2 Å². The highest BCUT2D eigenvalue weighted by Crippen LogP contribution is 2.10. The van der Waals surface area contributed by atoms with E-state index in [1.807, 2.05) is 0 Å². The Kier molecular flexibility index (Phi) is 2.32. The summed E-state index contributed by atoms with van der Waals surface area (Å²) in [7, 11) is 0. The normalized spacial score (nSPS) is 21.7. The Labute approximate surface area is 80.1 Å². The van der Waals surface area contributed by atoms with Gasteiger partial charge in [0, 0.05) is 11.8 Å². The van der Waals surface area contributed by atoms with Crippen LogP contribution in [0.3, 0.4) is 0 Å². The first-order valence-electron chi connectivity index (χ1n) is 4.32. The van der Waals surface area contributed by atoms with Crippen molar-refractivity contribution in [2.75, 3.05) is 13.2 Å². The maximum atomic E-state index is 11.4. The van der Waals surface area contributed by atoms with Crippen LogP contribution in [0.15, 0.2) is 23.1 Å². The molecule has 1 aromatic rings. The van der Waals surface area contributed by atoms with Crippen molar-refractivity contribution < 1.29 is 9.53 Å². The van der Waals surface area contributed by atoms with Crippen molar-refractivity contribution in [1.82, 2.24) is 10.3 Å². The predicted molar refractivity (Wildman–Crippen MR) is 48.8 cm³/mol. The number of carbonyl (C=O) groups excluding carboxylic acids is 1. The SMILES string of the molecule is O=C1COCC(c2ccc[nH]c2=O)N1. The van der Waals surface area contributed by atoms with Crippen LogP contribution in [0.2, 0.25) is 0 Å². The van der Waals surface area contributed by atoms with Crippen LogP contribution in [0, 0.1) is 0 Å². The van der Waals surface area contributed by atoms with E-state index >= 15 is 0 Å². The molecule has 2 heterocycles. The van der Waals surface area contributed by atoms with Gasteiger partial charge in [0.2, 0.25) is 5.91 Å². The monoisotopic (exact) mass is 194 g/mol. The second-order valence-corrected chi connectivity index (χ2v) is 3.09. The first-order chi connectivity index (χ1) is 6.77. The van der Waals surface area contributed by atoms with Crippen LogP contribution in [0.1, 0.15) is 11.6 Å². The lowest BCUT2D eigenvalue weighted by Crippen LogP contribution is -2.41. The summed E-state index contributed by atoms with van der Waals surface area (Å²) in [5, 5.41) is 2.69. The van der Waals surface area contributed by atoms with E-state index in [0.29, 0.717) is 12.2 Å². The summed E-state index contributed by atoms with van der Waals surface area (Å²) >= 11 is 0. The summed E-state index contributed by atoms with van der Waals surface area (Å²) in [5.41, 5.74) is 0.337. The van der Waals surface area contributed by atoms with Crippen LogP contribution >= 0.6 is 0 Å². The van der Waals surface area contributed by atoms with E-state index in [1.165, 1.54) is 0 Å². The van der Waals surface area contributed by atoms with Gasteiger partial charge in [0.05, 0.1) is 12.6 Å². The maximum Gasteiger partial charge on any atom is 0.253 e. The van der Waals surface area contributed by atoms with Crippen molar-refractivity contribution in [2.24, 2.45) is 0 Å². The topological polar surface area (TPSA) is 71.2 Å². The van der Waals surface area contributed by atoms with Crippen LogP contribution in [0.4, 0.5) is 0 Å². The highest BCUT2D eigenvalue weighted by Gasteiger charge is 2.21. The number of amides is 1. The predicted octanol–water partition coefficient (Wildman–Crippen LogP) is -0.438. The quantitative estimate of drug-likeness (QED) is 0.636. The summed E-state index contributed by atoms with van der Waals surface area (Å²) in [6.45, 7) is 0.417. The molecule has 1 aliphatic heterocycles. The van der Waals surface area contributed by atoms with Crippen molar-refractivity contribution in [3.8, 4) is 0 Å². The summed E-state index contributed by atoms with van der Waals surface area (Å²) < 4.78 is 5.04. The van der Waals surface area contributed by atoms with Crippen LogP contribution in [0.25, 0.3) is 0 Å². The van der Waals surface area contributed by atoms with Gasteiger partial charge < -0.3 is 15.0 Å². The average Bonchev–Trinajstić information content (AvgIpc) is 2.18. The molecular formula is C9H10N2O3. The molecule has 2 N–H and O–H groups in total. The third-order valence-corrected chi connectivity index (χ3v) is 2.08. The average molecular weight is 194 g/mol. The Balaban J connectivity index is 2.26. The van der Waals surface area contributed by atoms with E-state index in [4.69, 9.17) is 4.74 Å². The number of hydrogen-bond acceptors (Lipinski definition) is 3. The van der Waals surface area contributed by atoms with Crippen molar-refractivity contribution in [3.63, 3.8) is 0 Å². The number of morpholine rings is 1. The molecule has 1 aliphatic rings. The molecule has 0 aliphatic carbocycles. The van der Waals surface area contributed by atoms with Gasteiger partial charge in [-0.15, -0.1) is 0 Å². The molecule has 14 heavy (non-hydrogen) atoms. The fraction of sp³-hybridized carbons (Fsp3) is 0.333. The number of ether oxygens (including phenoxy) is 1. The van der Waals surface area contributed by atoms with Crippen LogP contribution in [0.5, 0.6) is 0 Å². The lowest BCUT2D eigenvalue weighted by atomic mass is 10.1. The zero-order valence-electron chi connectivity index (χ0n) is 7.45. The van der Waals surface area contributed by atoms with E-state index < -0.39 is 0 Å². The van der Waals surface area contributed by atoms with Crippen molar-refractivity contribution in [2.45, 2.75) is 6.04 Å². The fourth-order valence-corrected chi connectivity index (χ4v) is 1.42. The number of aromatic nitrogens is 1. The van der Waals surface area contributed by atoms with E-state index in [2.05, 4.69) is 10.3 Å². The van der Waals surface area contributed by atoms with Gasteiger partial charge in [-0.2, -0.15) is 0 Å². The number of nitrogens with one attached hydrogen (secondary N) is 2. The van der Waals surface area contributed by atoms with E-state index in [-0.39, 0.29) is 24.1 Å². The lowest BCUT2D eigenvalue weighted by molar-refractivity contribution is -0.131. The molecule has 5 heteroatoms. The Morgan fingerprint density at radius 1 is 1.43 bits per heavy atom. The minimum Gasteiger partial charge on any atom is -0.369 e. The molecule has 1 aromatic heterocycles. The minimum absolute atomic E-state index is 0.0707. The molecule has 5 nitrogen and oxygen atoms in total. The van der Waals surface area contributed by atoms with Crippen molar-refractivity contribution in [1.29, 1.82) is 0 Å². The Morgan fingerprint density at radius 2 is 2.29 bits per heavy atom. The van der Waals surface area contributed by atoms with E-state index in [1.54, 1.807) is 18.3 Å². The second kappa shape index (κ2) is 3.63. The van der Waals surface area contributed by atoms with Gasteiger partial charge in [0.1, 0.15) is 6.61 Å². The molecule has 0 saturated carbocycles. The van der Waals surface area contributed by atoms with E-state index in [9.17, 15) is 9.59 Å². The third-order valence-electron chi connectivity index (χ3n) is 2.08. The highest BCUT2D eigenvalue weighted by atomic mass is 16.5. The summed E-state index contributed by atoms with van der Waals surface area (Å²) in [5.74, 6) is -0.190. The van der Waals surface area contributed by atoms with Crippen LogP contribution in [-0.2, 0) is 9.53 Å². The molecule has 0 radical (unpaired) electrons. The number of pyridine rings is 1. The van der Waals surface area contributed by atoms with E-state index in [0.717, 1.165) is 0 Å².